The number of benzene rings is 1. The van der Waals surface area contributed by atoms with E-state index in [1.54, 1.807) is 20.4 Å². The molecule has 0 unspecified atom stereocenters. The van der Waals surface area contributed by atoms with Crippen LogP contribution < -0.4 is 15.2 Å². The summed E-state index contributed by atoms with van der Waals surface area (Å²) in [6.07, 6.45) is 2.48. The summed E-state index contributed by atoms with van der Waals surface area (Å²) in [6, 6.07) is 5.69. The number of rotatable bonds is 6. The van der Waals surface area contributed by atoms with Crippen LogP contribution >= 0.6 is 0 Å². The topological polar surface area (TPSA) is 75.2 Å². The van der Waals surface area contributed by atoms with E-state index in [0.717, 1.165) is 29.2 Å². The zero-order valence-electron chi connectivity index (χ0n) is 11.2. The van der Waals surface area contributed by atoms with Crippen molar-refractivity contribution in [1.29, 1.82) is 0 Å². The third-order valence-electron chi connectivity index (χ3n) is 2.91. The Morgan fingerprint density at radius 2 is 2.11 bits per heavy atom. The number of methoxy groups -OCH3 is 2. The van der Waals surface area contributed by atoms with Crippen LogP contribution in [0.3, 0.4) is 0 Å². The van der Waals surface area contributed by atoms with Crippen LogP contribution in [0.5, 0.6) is 11.5 Å². The highest BCUT2D eigenvalue weighted by molar-refractivity contribution is 5.40. The van der Waals surface area contributed by atoms with Crippen molar-refractivity contribution < 1.29 is 9.47 Å². The van der Waals surface area contributed by atoms with E-state index in [2.05, 4.69) is 10.3 Å². The second-order valence-electron chi connectivity index (χ2n) is 4.10. The predicted octanol–water partition coefficient (Wildman–Crippen LogP) is 0.845. The molecule has 19 heavy (non-hydrogen) atoms. The molecule has 0 amide bonds. The molecular weight excluding hydrogens is 244 g/mol. The van der Waals surface area contributed by atoms with Gasteiger partial charge in [-0.3, -0.25) is 0 Å². The van der Waals surface area contributed by atoms with Crippen molar-refractivity contribution >= 4 is 0 Å². The lowest BCUT2D eigenvalue weighted by atomic mass is 10.2. The van der Waals surface area contributed by atoms with Crippen LogP contribution in [0.15, 0.2) is 24.4 Å². The van der Waals surface area contributed by atoms with Gasteiger partial charge in [-0.25, -0.2) is 4.68 Å². The Hall–Kier alpha value is -2.08. The van der Waals surface area contributed by atoms with E-state index in [1.165, 1.54) is 0 Å². The molecule has 0 spiro atoms. The standard InChI is InChI=1S/C13H18N4O2/c1-18-12-3-4-13(19-2)10(7-12)9-17-11(5-6-14)8-15-16-17/h3-4,7-8H,5-6,9,14H2,1-2H3. The average Bonchev–Trinajstić information content (AvgIpc) is 2.86. The monoisotopic (exact) mass is 262 g/mol. The maximum absolute atomic E-state index is 5.57. The lowest BCUT2D eigenvalue weighted by Gasteiger charge is -2.11. The van der Waals surface area contributed by atoms with Gasteiger partial charge in [0, 0.05) is 12.0 Å². The van der Waals surface area contributed by atoms with Crippen molar-refractivity contribution in [3.8, 4) is 11.5 Å². The van der Waals surface area contributed by atoms with Gasteiger partial charge in [0.05, 0.1) is 32.7 Å². The minimum atomic E-state index is 0.572. The smallest absolute Gasteiger partial charge is 0.124 e. The number of hydrogen-bond donors (Lipinski definition) is 1. The van der Waals surface area contributed by atoms with Gasteiger partial charge in [-0.05, 0) is 24.7 Å². The van der Waals surface area contributed by atoms with E-state index in [1.807, 2.05) is 22.9 Å². The molecule has 0 saturated carbocycles. The summed E-state index contributed by atoms with van der Waals surface area (Å²) in [5, 5.41) is 8.00. The second-order valence-corrected chi connectivity index (χ2v) is 4.10. The van der Waals surface area contributed by atoms with Crippen molar-refractivity contribution in [3.05, 3.63) is 35.7 Å². The maximum atomic E-state index is 5.57. The van der Waals surface area contributed by atoms with Gasteiger partial charge in [0.15, 0.2) is 0 Å². The van der Waals surface area contributed by atoms with E-state index in [-0.39, 0.29) is 0 Å². The minimum absolute atomic E-state index is 0.572. The SMILES string of the molecule is COc1ccc(OC)c(Cn2nncc2CCN)c1. The van der Waals surface area contributed by atoms with Crippen molar-refractivity contribution in [3.63, 3.8) is 0 Å². The van der Waals surface area contributed by atoms with Gasteiger partial charge in [-0.2, -0.15) is 0 Å². The van der Waals surface area contributed by atoms with Crippen LogP contribution in [-0.4, -0.2) is 35.8 Å². The van der Waals surface area contributed by atoms with E-state index < -0.39 is 0 Å². The quantitative estimate of drug-likeness (QED) is 0.835. The van der Waals surface area contributed by atoms with Crippen LogP contribution in [0, 0.1) is 0 Å². The van der Waals surface area contributed by atoms with Crippen molar-refractivity contribution in [1.82, 2.24) is 15.0 Å². The molecule has 0 fully saturated rings. The summed E-state index contributed by atoms with van der Waals surface area (Å²) < 4.78 is 12.4. The van der Waals surface area contributed by atoms with Crippen LogP contribution in [0.25, 0.3) is 0 Å². The molecule has 1 heterocycles. The number of ether oxygens (including phenoxy) is 2. The Morgan fingerprint density at radius 3 is 2.79 bits per heavy atom. The molecule has 0 aliphatic rings. The molecule has 0 aliphatic heterocycles. The zero-order valence-corrected chi connectivity index (χ0v) is 11.2. The van der Waals surface area contributed by atoms with Crippen molar-refractivity contribution in [2.24, 2.45) is 5.73 Å². The Morgan fingerprint density at radius 1 is 1.26 bits per heavy atom. The van der Waals surface area contributed by atoms with Gasteiger partial charge in [0.25, 0.3) is 0 Å². The maximum Gasteiger partial charge on any atom is 0.124 e. The van der Waals surface area contributed by atoms with Crippen LogP contribution in [0.1, 0.15) is 11.3 Å². The summed E-state index contributed by atoms with van der Waals surface area (Å²) in [5.41, 5.74) is 7.57. The summed E-state index contributed by atoms with van der Waals surface area (Å²) in [5.74, 6) is 1.59. The van der Waals surface area contributed by atoms with Crippen LogP contribution in [0.4, 0.5) is 0 Å². The molecule has 2 rings (SSSR count). The predicted molar refractivity (Wildman–Crippen MR) is 71.4 cm³/mol. The Bertz CT molecular complexity index is 539. The number of nitrogens with two attached hydrogens (primary N) is 1. The van der Waals surface area contributed by atoms with Gasteiger partial charge >= 0.3 is 0 Å². The van der Waals surface area contributed by atoms with E-state index in [4.69, 9.17) is 15.2 Å². The summed E-state index contributed by atoms with van der Waals surface area (Å²) in [4.78, 5) is 0. The molecular formula is C13H18N4O2. The first-order valence-corrected chi connectivity index (χ1v) is 6.06. The molecule has 2 aromatic rings. The zero-order chi connectivity index (χ0) is 13.7. The molecule has 6 heteroatoms. The fraction of sp³-hybridized carbons (Fsp3) is 0.385. The first-order chi connectivity index (χ1) is 9.28. The molecule has 6 nitrogen and oxygen atoms in total. The normalized spacial score (nSPS) is 10.5. The molecule has 102 valence electrons. The van der Waals surface area contributed by atoms with Gasteiger partial charge < -0.3 is 15.2 Å². The van der Waals surface area contributed by atoms with E-state index in [9.17, 15) is 0 Å². The second kappa shape index (κ2) is 6.19. The Labute approximate surface area is 112 Å². The summed E-state index contributed by atoms with van der Waals surface area (Å²) in [6.45, 7) is 1.15. The average molecular weight is 262 g/mol. The third kappa shape index (κ3) is 3.03. The first-order valence-electron chi connectivity index (χ1n) is 6.06. The number of hydrogen-bond acceptors (Lipinski definition) is 5. The summed E-state index contributed by atoms with van der Waals surface area (Å²) in [7, 11) is 3.29. The molecule has 1 aromatic carbocycles. The van der Waals surface area contributed by atoms with E-state index in [0.29, 0.717) is 13.1 Å². The molecule has 1 aromatic heterocycles. The minimum Gasteiger partial charge on any atom is -0.497 e. The van der Waals surface area contributed by atoms with Gasteiger partial charge in [0.1, 0.15) is 11.5 Å². The molecule has 0 aliphatic carbocycles. The van der Waals surface area contributed by atoms with E-state index >= 15 is 0 Å². The van der Waals surface area contributed by atoms with Crippen LogP contribution in [-0.2, 0) is 13.0 Å². The first kappa shape index (κ1) is 13.4. The fourth-order valence-corrected chi connectivity index (χ4v) is 1.92. The molecule has 0 bridgehead atoms. The molecule has 0 saturated heterocycles. The number of aromatic nitrogens is 3. The molecule has 2 N–H and O–H groups in total. The summed E-state index contributed by atoms with van der Waals surface area (Å²) >= 11 is 0. The van der Waals surface area contributed by atoms with Gasteiger partial charge in [0.2, 0.25) is 0 Å². The molecule has 0 radical (unpaired) electrons. The lowest BCUT2D eigenvalue weighted by molar-refractivity contribution is 0.396. The fourth-order valence-electron chi connectivity index (χ4n) is 1.92. The Kier molecular flexibility index (Phi) is 4.35. The largest absolute Gasteiger partial charge is 0.497 e. The third-order valence-corrected chi connectivity index (χ3v) is 2.91. The van der Waals surface area contributed by atoms with Gasteiger partial charge in [-0.1, -0.05) is 5.21 Å². The van der Waals surface area contributed by atoms with Crippen molar-refractivity contribution in [2.75, 3.05) is 20.8 Å². The number of nitrogens with zero attached hydrogens (tertiary/aromatic N) is 3. The van der Waals surface area contributed by atoms with Crippen LogP contribution in [0.2, 0.25) is 0 Å². The lowest BCUT2D eigenvalue weighted by Crippen LogP contribution is -2.11. The Balaban J connectivity index is 2.28. The highest BCUT2D eigenvalue weighted by atomic mass is 16.5. The highest BCUT2D eigenvalue weighted by Gasteiger charge is 2.09. The van der Waals surface area contributed by atoms with Gasteiger partial charge in [-0.15, -0.1) is 5.10 Å². The molecule has 0 atom stereocenters. The van der Waals surface area contributed by atoms with Crippen molar-refractivity contribution in [2.45, 2.75) is 13.0 Å². The highest BCUT2D eigenvalue weighted by Crippen LogP contribution is 2.24.